The summed E-state index contributed by atoms with van der Waals surface area (Å²) in [4.78, 5) is 10.2. The lowest BCUT2D eigenvalue weighted by Gasteiger charge is -2.25. The van der Waals surface area contributed by atoms with Crippen LogP contribution in [-0.2, 0) is 26.6 Å². The predicted octanol–water partition coefficient (Wildman–Crippen LogP) is 2.83. The van der Waals surface area contributed by atoms with Gasteiger partial charge in [0.25, 0.3) is 11.5 Å². The zero-order valence-corrected chi connectivity index (χ0v) is 20.0. The molecule has 0 fully saturated rings. The molecule has 0 bridgehead atoms. The topological polar surface area (TPSA) is 160 Å². The first kappa shape index (κ1) is 28.4. The van der Waals surface area contributed by atoms with Gasteiger partial charge < -0.3 is 20.6 Å². The predicted molar refractivity (Wildman–Crippen MR) is 116 cm³/mol. The number of primary amides is 1. The van der Waals surface area contributed by atoms with E-state index in [2.05, 4.69) is 20.2 Å². The summed E-state index contributed by atoms with van der Waals surface area (Å²) < 4.78 is 112. The Balaban J connectivity index is 1.76. The van der Waals surface area contributed by atoms with Gasteiger partial charge in [-0.1, -0.05) is 0 Å². The molecule has 1 unspecified atom stereocenters. The molecule has 10 nitrogen and oxygen atoms in total. The van der Waals surface area contributed by atoms with Crippen LogP contribution in [0.25, 0.3) is 11.5 Å². The number of aliphatic hydroxyl groups is 1. The minimum absolute atomic E-state index is 0.00703. The van der Waals surface area contributed by atoms with E-state index < -0.39 is 60.3 Å². The van der Waals surface area contributed by atoms with Gasteiger partial charge >= 0.3 is 12.4 Å². The van der Waals surface area contributed by atoms with Crippen molar-refractivity contribution in [3.63, 3.8) is 0 Å². The third-order valence-corrected chi connectivity index (χ3v) is 8.13. The molecule has 0 saturated heterocycles. The lowest BCUT2D eigenvalue weighted by Crippen LogP contribution is -2.52. The fourth-order valence-electron chi connectivity index (χ4n) is 3.05. The van der Waals surface area contributed by atoms with Gasteiger partial charge in [0, 0.05) is 23.8 Å². The van der Waals surface area contributed by atoms with Gasteiger partial charge in [-0.3, -0.25) is 4.79 Å². The van der Waals surface area contributed by atoms with E-state index in [0.717, 1.165) is 24.6 Å². The normalized spacial score (nSPS) is 15.2. The summed E-state index contributed by atoms with van der Waals surface area (Å²) in [6, 6.07) is 3.36. The van der Waals surface area contributed by atoms with Crippen LogP contribution in [0.15, 0.2) is 45.4 Å². The van der Waals surface area contributed by atoms with Crippen molar-refractivity contribution in [3.05, 3.63) is 47.2 Å². The van der Waals surface area contributed by atoms with Crippen LogP contribution in [0.5, 0.6) is 0 Å². The molecule has 0 radical (unpaired) electrons. The molecule has 2 heterocycles. The molecular weight excluding hydrogens is 556 g/mol. The van der Waals surface area contributed by atoms with Crippen LogP contribution in [0.4, 0.5) is 32.0 Å². The standard InChI is InChI=1S/C19H17F6N5O5S2/c1-9(7-27-12-3-2-10(15-29-28-8-35-15)6-11(12)18(20,21)22)30-37(33,34)14-5-4-13(36-14)17(32,16(26)31)19(23,24)25/h2-6,8-9,27,30,32H,7H2,1H3,(H2,26,31)/t9-,17?/m1/s1. The number of nitrogens with one attached hydrogen (secondary N) is 2. The summed E-state index contributed by atoms with van der Waals surface area (Å²) in [6.45, 7) is 0.919. The maximum atomic E-state index is 13.6. The Morgan fingerprint density at radius 2 is 1.86 bits per heavy atom. The number of carbonyl (C=O) groups excluding carboxylic acids is 1. The number of benzene rings is 1. The number of carbonyl (C=O) groups is 1. The molecule has 0 spiro atoms. The van der Waals surface area contributed by atoms with Crippen LogP contribution in [-0.4, -0.2) is 48.4 Å². The summed E-state index contributed by atoms with van der Waals surface area (Å²) in [7, 11) is -4.50. The van der Waals surface area contributed by atoms with Gasteiger partial charge in [0.05, 0.1) is 10.4 Å². The van der Waals surface area contributed by atoms with Gasteiger partial charge in [-0.25, -0.2) is 13.1 Å². The quantitative estimate of drug-likeness (QED) is 0.284. The number of nitrogens with two attached hydrogens (primary N) is 1. The maximum absolute atomic E-state index is 13.6. The average Bonchev–Trinajstić information content (AvgIpc) is 3.48. The molecule has 1 aromatic carbocycles. The number of amides is 1. The molecular formula is C19H17F6N5O5S2. The first-order valence-electron chi connectivity index (χ1n) is 9.90. The zero-order chi connectivity index (χ0) is 27.8. The smallest absolute Gasteiger partial charge is 0.423 e. The van der Waals surface area contributed by atoms with E-state index >= 15 is 0 Å². The molecule has 3 aromatic rings. The third-order valence-electron chi connectivity index (χ3n) is 4.86. The Morgan fingerprint density at radius 1 is 1.19 bits per heavy atom. The molecule has 3 rings (SSSR count). The summed E-state index contributed by atoms with van der Waals surface area (Å²) in [5.41, 5.74) is -0.913. The number of halogens is 6. The highest BCUT2D eigenvalue weighted by Crippen LogP contribution is 2.42. The van der Waals surface area contributed by atoms with E-state index in [1.807, 2.05) is 0 Å². The molecule has 18 heteroatoms. The number of rotatable bonds is 9. The molecule has 0 aliphatic rings. The van der Waals surface area contributed by atoms with Crippen molar-refractivity contribution in [1.29, 1.82) is 0 Å². The first-order valence-corrected chi connectivity index (χ1v) is 12.2. The highest BCUT2D eigenvalue weighted by atomic mass is 32.2. The van der Waals surface area contributed by atoms with Gasteiger partial charge in [0.1, 0.15) is 4.21 Å². The van der Waals surface area contributed by atoms with Crippen LogP contribution in [0.3, 0.4) is 0 Å². The Bertz CT molecular complexity index is 1370. The van der Waals surface area contributed by atoms with Crippen molar-refractivity contribution in [2.75, 3.05) is 11.9 Å². The minimum atomic E-state index is -5.52. The lowest BCUT2D eigenvalue weighted by molar-refractivity contribution is -0.254. The number of anilines is 1. The highest BCUT2D eigenvalue weighted by Gasteiger charge is 2.61. The van der Waals surface area contributed by atoms with Gasteiger partial charge in [-0.2, -0.15) is 26.3 Å². The van der Waals surface area contributed by atoms with Crippen LogP contribution in [0, 0.1) is 0 Å². The second-order valence-corrected chi connectivity index (χ2v) is 10.6. The minimum Gasteiger partial charge on any atom is -0.423 e. The summed E-state index contributed by atoms with van der Waals surface area (Å²) in [6.07, 6.45) is -9.38. The van der Waals surface area contributed by atoms with Crippen molar-refractivity contribution in [2.45, 2.75) is 35.1 Å². The van der Waals surface area contributed by atoms with Crippen molar-refractivity contribution in [3.8, 4) is 11.5 Å². The van der Waals surface area contributed by atoms with Gasteiger partial charge in [0.2, 0.25) is 22.3 Å². The van der Waals surface area contributed by atoms with Crippen molar-refractivity contribution >= 4 is 33.0 Å². The molecule has 0 aliphatic carbocycles. The van der Waals surface area contributed by atoms with E-state index in [4.69, 9.17) is 10.2 Å². The fraction of sp³-hybridized carbons (Fsp3) is 0.316. The van der Waals surface area contributed by atoms with Crippen molar-refractivity contribution in [1.82, 2.24) is 14.9 Å². The number of aromatic nitrogens is 2. The van der Waals surface area contributed by atoms with E-state index in [0.29, 0.717) is 6.07 Å². The van der Waals surface area contributed by atoms with Crippen LogP contribution < -0.4 is 15.8 Å². The number of hydrogen-bond acceptors (Lipinski definition) is 9. The number of sulfonamides is 1. The molecule has 2 aromatic heterocycles. The van der Waals surface area contributed by atoms with Crippen molar-refractivity contribution < 1.29 is 49.1 Å². The zero-order valence-electron chi connectivity index (χ0n) is 18.4. The summed E-state index contributed by atoms with van der Waals surface area (Å²) >= 11 is -0.0459. The molecule has 0 aliphatic heterocycles. The Morgan fingerprint density at radius 3 is 2.41 bits per heavy atom. The monoisotopic (exact) mass is 573 g/mol. The molecule has 1 amide bonds. The number of thiophene rings is 1. The Kier molecular flexibility index (Phi) is 7.60. The Labute approximate surface area is 208 Å². The van der Waals surface area contributed by atoms with E-state index in [-0.39, 0.29) is 29.3 Å². The molecule has 37 heavy (non-hydrogen) atoms. The molecule has 202 valence electrons. The molecule has 0 saturated carbocycles. The first-order chi connectivity index (χ1) is 17.0. The van der Waals surface area contributed by atoms with Gasteiger partial charge in [-0.05, 0) is 37.3 Å². The SMILES string of the molecule is C[C@H](CNc1ccc(-c2nnco2)cc1C(F)(F)F)NS(=O)(=O)c1ccc(C(O)(C(N)=O)C(F)(F)F)s1. The van der Waals surface area contributed by atoms with Crippen LogP contribution in [0.2, 0.25) is 0 Å². The molecule has 2 atom stereocenters. The number of nitrogens with zero attached hydrogens (tertiary/aromatic N) is 2. The number of alkyl halides is 6. The largest absolute Gasteiger partial charge is 0.431 e. The van der Waals surface area contributed by atoms with Crippen LogP contribution >= 0.6 is 11.3 Å². The van der Waals surface area contributed by atoms with Crippen LogP contribution in [0.1, 0.15) is 17.4 Å². The highest BCUT2D eigenvalue weighted by molar-refractivity contribution is 7.91. The Hall–Kier alpha value is -3.22. The van der Waals surface area contributed by atoms with Gasteiger partial charge in [0.15, 0.2) is 0 Å². The molecule has 5 N–H and O–H groups in total. The van der Waals surface area contributed by atoms with E-state index in [1.165, 1.54) is 13.0 Å². The fourth-order valence-corrected chi connectivity index (χ4v) is 5.73. The summed E-state index contributed by atoms with van der Waals surface area (Å²) in [5, 5.41) is 19.2. The third kappa shape index (κ3) is 5.86. The van der Waals surface area contributed by atoms with Crippen molar-refractivity contribution in [2.24, 2.45) is 5.73 Å². The van der Waals surface area contributed by atoms with E-state index in [9.17, 15) is 44.7 Å². The second kappa shape index (κ2) is 9.92. The van der Waals surface area contributed by atoms with E-state index in [1.54, 1.807) is 0 Å². The lowest BCUT2D eigenvalue weighted by atomic mass is 10.0. The second-order valence-electron chi connectivity index (χ2n) is 7.60. The maximum Gasteiger partial charge on any atom is 0.431 e. The average molecular weight is 573 g/mol. The van der Waals surface area contributed by atoms with Gasteiger partial charge in [-0.15, -0.1) is 21.5 Å². The number of hydrogen-bond donors (Lipinski definition) is 4. The summed E-state index contributed by atoms with van der Waals surface area (Å²) in [5.74, 6) is -2.30.